The van der Waals surface area contributed by atoms with Crippen LogP contribution in [0.25, 0.3) is 0 Å². The van der Waals surface area contributed by atoms with Gasteiger partial charge < -0.3 is 10.1 Å². The lowest BCUT2D eigenvalue weighted by atomic mass is 10.1. The summed E-state index contributed by atoms with van der Waals surface area (Å²) in [5.74, 6) is 0. The van der Waals surface area contributed by atoms with Crippen molar-refractivity contribution in [2.45, 2.75) is 19.5 Å². The van der Waals surface area contributed by atoms with E-state index in [0.29, 0.717) is 6.54 Å². The zero-order valence-electron chi connectivity index (χ0n) is 11.7. The molecule has 1 unspecified atom stereocenters. The number of morpholine rings is 1. The van der Waals surface area contributed by atoms with E-state index in [4.69, 9.17) is 4.74 Å². The smallest absolute Gasteiger partial charge is 0.273 e. The SMILES string of the molecule is CC(CN1CCOCC1)NCc1ccccc1[N+](=O)[O-]. The molecule has 6 heteroatoms. The Morgan fingerprint density at radius 3 is 2.80 bits per heavy atom. The summed E-state index contributed by atoms with van der Waals surface area (Å²) in [4.78, 5) is 13.0. The van der Waals surface area contributed by atoms with Gasteiger partial charge in [-0.1, -0.05) is 18.2 Å². The molecule has 1 atom stereocenters. The monoisotopic (exact) mass is 279 g/mol. The maximum Gasteiger partial charge on any atom is 0.273 e. The fraction of sp³-hybridized carbons (Fsp3) is 0.571. The Morgan fingerprint density at radius 2 is 2.10 bits per heavy atom. The van der Waals surface area contributed by atoms with E-state index in [1.807, 2.05) is 6.07 Å². The molecule has 1 aromatic rings. The summed E-state index contributed by atoms with van der Waals surface area (Å²) in [6.07, 6.45) is 0. The Labute approximate surface area is 118 Å². The molecule has 0 spiro atoms. The second-order valence-corrected chi connectivity index (χ2v) is 5.08. The molecule has 110 valence electrons. The second-order valence-electron chi connectivity index (χ2n) is 5.08. The highest BCUT2D eigenvalue weighted by molar-refractivity contribution is 5.39. The molecule has 1 aliphatic heterocycles. The first-order valence-electron chi connectivity index (χ1n) is 6.92. The number of nitro groups is 1. The van der Waals surface area contributed by atoms with Crippen molar-refractivity contribution in [2.24, 2.45) is 0 Å². The van der Waals surface area contributed by atoms with Gasteiger partial charge in [-0.25, -0.2) is 0 Å². The first kappa shape index (κ1) is 14.9. The molecular weight excluding hydrogens is 258 g/mol. The van der Waals surface area contributed by atoms with Crippen molar-refractivity contribution >= 4 is 5.69 Å². The number of nitrogens with zero attached hydrogens (tertiary/aromatic N) is 2. The lowest BCUT2D eigenvalue weighted by Gasteiger charge is -2.29. The molecule has 2 rings (SSSR count). The molecule has 1 heterocycles. The lowest BCUT2D eigenvalue weighted by Crippen LogP contribution is -2.44. The molecule has 0 bridgehead atoms. The van der Waals surface area contributed by atoms with Crippen molar-refractivity contribution in [1.82, 2.24) is 10.2 Å². The highest BCUT2D eigenvalue weighted by Crippen LogP contribution is 2.17. The standard InChI is InChI=1S/C14H21N3O3/c1-12(11-16-6-8-20-9-7-16)15-10-13-4-2-3-5-14(13)17(18)19/h2-5,12,15H,6-11H2,1H3. The summed E-state index contributed by atoms with van der Waals surface area (Å²) < 4.78 is 5.32. The lowest BCUT2D eigenvalue weighted by molar-refractivity contribution is -0.385. The van der Waals surface area contributed by atoms with Crippen LogP contribution in [-0.2, 0) is 11.3 Å². The number of nitrogens with one attached hydrogen (secondary N) is 1. The van der Waals surface area contributed by atoms with Crippen LogP contribution in [0.4, 0.5) is 5.69 Å². The molecule has 1 aromatic carbocycles. The Kier molecular flexibility index (Phi) is 5.46. The molecule has 1 N–H and O–H groups in total. The minimum atomic E-state index is -0.330. The maximum absolute atomic E-state index is 10.9. The van der Waals surface area contributed by atoms with E-state index < -0.39 is 0 Å². The minimum absolute atomic E-state index is 0.179. The number of para-hydroxylation sites is 1. The summed E-state index contributed by atoms with van der Waals surface area (Å²) in [5.41, 5.74) is 0.907. The topological polar surface area (TPSA) is 67.6 Å². The molecule has 0 amide bonds. The van der Waals surface area contributed by atoms with Gasteiger partial charge >= 0.3 is 0 Å². The van der Waals surface area contributed by atoms with Crippen LogP contribution in [-0.4, -0.2) is 48.7 Å². The third-order valence-electron chi connectivity index (χ3n) is 3.47. The molecule has 0 radical (unpaired) electrons. The Morgan fingerprint density at radius 1 is 1.40 bits per heavy atom. The Balaban J connectivity index is 1.83. The maximum atomic E-state index is 10.9. The van der Waals surface area contributed by atoms with Gasteiger partial charge in [-0.05, 0) is 6.92 Å². The van der Waals surface area contributed by atoms with E-state index >= 15 is 0 Å². The fourth-order valence-electron chi connectivity index (χ4n) is 2.36. The van der Waals surface area contributed by atoms with E-state index in [1.54, 1.807) is 18.2 Å². The van der Waals surface area contributed by atoms with Crippen LogP contribution in [0.2, 0.25) is 0 Å². The zero-order chi connectivity index (χ0) is 14.4. The number of hydrogen-bond donors (Lipinski definition) is 1. The Hall–Kier alpha value is -1.50. The summed E-state index contributed by atoms with van der Waals surface area (Å²) in [6.45, 7) is 7.04. The summed E-state index contributed by atoms with van der Waals surface area (Å²) >= 11 is 0. The Bertz CT molecular complexity index is 447. The molecule has 0 aromatic heterocycles. The van der Waals surface area contributed by atoms with Crippen molar-refractivity contribution in [1.29, 1.82) is 0 Å². The normalized spacial score (nSPS) is 17.9. The first-order valence-corrected chi connectivity index (χ1v) is 6.92. The van der Waals surface area contributed by atoms with E-state index in [2.05, 4.69) is 17.1 Å². The van der Waals surface area contributed by atoms with Crippen LogP contribution in [0, 0.1) is 10.1 Å². The molecule has 0 aliphatic carbocycles. The third-order valence-corrected chi connectivity index (χ3v) is 3.47. The predicted octanol–water partition coefficient (Wildman–Crippen LogP) is 1.41. The van der Waals surface area contributed by atoms with Gasteiger partial charge in [0.1, 0.15) is 0 Å². The largest absolute Gasteiger partial charge is 0.379 e. The molecule has 1 saturated heterocycles. The van der Waals surface area contributed by atoms with Gasteiger partial charge in [0.15, 0.2) is 0 Å². The summed E-state index contributed by atoms with van der Waals surface area (Å²) in [5, 5.41) is 14.3. The van der Waals surface area contributed by atoms with E-state index in [0.717, 1.165) is 38.4 Å². The van der Waals surface area contributed by atoms with Gasteiger partial charge in [0.25, 0.3) is 5.69 Å². The molecular formula is C14H21N3O3. The van der Waals surface area contributed by atoms with E-state index in [1.165, 1.54) is 0 Å². The fourth-order valence-corrected chi connectivity index (χ4v) is 2.36. The first-order chi connectivity index (χ1) is 9.66. The van der Waals surface area contributed by atoms with Gasteiger partial charge in [0.2, 0.25) is 0 Å². The van der Waals surface area contributed by atoms with Gasteiger partial charge in [-0.15, -0.1) is 0 Å². The number of ether oxygens (including phenoxy) is 1. The van der Waals surface area contributed by atoms with Gasteiger partial charge in [0.05, 0.1) is 18.1 Å². The average molecular weight is 279 g/mol. The number of rotatable bonds is 6. The van der Waals surface area contributed by atoms with Crippen molar-refractivity contribution in [2.75, 3.05) is 32.8 Å². The van der Waals surface area contributed by atoms with Gasteiger partial charge in [0, 0.05) is 43.9 Å². The van der Waals surface area contributed by atoms with Crippen molar-refractivity contribution in [3.05, 3.63) is 39.9 Å². The second kappa shape index (κ2) is 7.33. The highest BCUT2D eigenvalue weighted by atomic mass is 16.6. The summed E-state index contributed by atoms with van der Waals surface area (Å²) in [7, 11) is 0. The van der Waals surface area contributed by atoms with Crippen LogP contribution in [0.1, 0.15) is 12.5 Å². The van der Waals surface area contributed by atoms with E-state index in [-0.39, 0.29) is 16.7 Å². The van der Waals surface area contributed by atoms with Crippen LogP contribution in [0.3, 0.4) is 0 Å². The van der Waals surface area contributed by atoms with Crippen molar-refractivity contribution in [3.8, 4) is 0 Å². The van der Waals surface area contributed by atoms with Crippen LogP contribution in [0.15, 0.2) is 24.3 Å². The van der Waals surface area contributed by atoms with Crippen LogP contribution in [0.5, 0.6) is 0 Å². The number of nitro benzene ring substituents is 1. The van der Waals surface area contributed by atoms with Gasteiger partial charge in [-0.2, -0.15) is 0 Å². The molecule has 1 aliphatic rings. The molecule has 20 heavy (non-hydrogen) atoms. The van der Waals surface area contributed by atoms with Crippen molar-refractivity contribution < 1.29 is 9.66 Å². The van der Waals surface area contributed by atoms with Crippen LogP contribution >= 0.6 is 0 Å². The quantitative estimate of drug-likeness (QED) is 0.630. The van der Waals surface area contributed by atoms with E-state index in [9.17, 15) is 10.1 Å². The molecule has 1 fully saturated rings. The molecule has 0 saturated carbocycles. The van der Waals surface area contributed by atoms with Gasteiger partial charge in [-0.3, -0.25) is 15.0 Å². The number of benzene rings is 1. The zero-order valence-corrected chi connectivity index (χ0v) is 11.7. The highest BCUT2D eigenvalue weighted by Gasteiger charge is 2.15. The van der Waals surface area contributed by atoms with Crippen molar-refractivity contribution in [3.63, 3.8) is 0 Å². The number of hydrogen-bond acceptors (Lipinski definition) is 5. The minimum Gasteiger partial charge on any atom is -0.379 e. The molecule has 6 nitrogen and oxygen atoms in total. The third kappa shape index (κ3) is 4.26. The predicted molar refractivity (Wildman–Crippen MR) is 76.7 cm³/mol. The summed E-state index contributed by atoms with van der Waals surface area (Å²) in [6, 6.07) is 7.15. The van der Waals surface area contributed by atoms with Crippen LogP contribution < -0.4 is 5.32 Å². The average Bonchev–Trinajstić information content (AvgIpc) is 2.46.